The second kappa shape index (κ2) is 11.3. The molecule has 40 heavy (non-hydrogen) atoms. The van der Waals surface area contributed by atoms with Crippen molar-refractivity contribution in [1.82, 2.24) is 10.2 Å². The van der Waals surface area contributed by atoms with Gasteiger partial charge in [0.05, 0.1) is 5.69 Å². The molecule has 5 rings (SSSR count). The highest BCUT2D eigenvalue weighted by molar-refractivity contribution is 9.10. The van der Waals surface area contributed by atoms with Crippen molar-refractivity contribution in [1.29, 1.82) is 0 Å². The van der Waals surface area contributed by atoms with E-state index in [1.165, 1.54) is 4.90 Å². The Morgan fingerprint density at radius 1 is 0.900 bits per heavy atom. The molecule has 4 aromatic rings. The number of carbonyl (C=O) groups is 3. The summed E-state index contributed by atoms with van der Waals surface area (Å²) in [7, 11) is 0. The zero-order valence-corrected chi connectivity index (χ0v) is 24.4. The maximum absolute atomic E-state index is 14.2. The summed E-state index contributed by atoms with van der Waals surface area (Å²) >= 11 is 3.52. The summed E-state index contributed by atoms with van der Waals surface area (Å²) < 4.78 is 0.882. The molecule has 1 atom stereocenters. The lowest BCUT2D eigenvalue weighted by Crippen LogP contribution is -2.56. The van der Waals surface area contributed by atoms with E-state index in [0.717, 1.165) is 26.4 Å². The van der Waals surface area contributed by atoms with Crippen LogP contribution in [0.2, 0.25) is 0 Å². The van der Waals surface area contributed by atoms with Crippen LogP contribution in [0.15, 0.2) is 95.5 Å². The van der Waals surface area contributed by atoms with E-state index in [1.807, 2.05) is 106 Å². The van der Waals surface area contributed by atoms with E-state index in [2.05, 4.69) is 21.2 Å². The number of nitrogens with one attached hydrogen (secondary N) is 1. The highest BCUT2D eigenvalue weighted by atomic mass is 79.9. The molecule has 1 heterocycles. The Balaban J connectivity index is 1.53. The summed E-state index contributed by atoms with van der Waals surface area (Å²) in [6, 6.07) is 28.0. The van der Waals surface area contributed by atoms with Gasteiger partial charge in [-0.3, -0.25) is 19.3 Å². The van der Waals surface area contributed by atoms with Crippen molar-refractivity contribution in [3.05, 3.63) is 112 Å². The Morgan fingerprint density at radius 2 is 1.57 bits per heavy atom. The lowest BCUT2D eigenvalue weighted by molar-refractivity contribution is -0.140. The van der Waals surface area contributed by atoms with Gasteiger partial charge in [-0.15, -0.1) is 0 Å². The maximum atomic E-state index is 14.2. The predicted octanol–water partition coefficient (Wildman–Crippen LogP) is 6.12. The van der Waals surface area contributed by atoms with Gasteiger partial charge in [0, 0.05) is 33.9 Å². The number of rotatable bonds is 8. The van der Waals surface area contributed by atoms with E-state index < -0.39 is 11.6 Å². The van der Waals surface area contributed by atoms with E-state index in [0.29, 0.717) is 17.7 Å². The molecule has 3 amide bonds. The Morgan fingerprint density at radius 3 is 2.27 bits per heavy atom. The smallest absolute Gasteiger partial charge is 0.259 e. The largest absolute Gasteiger partial charge is 0.350 e. The first kappa shape index (κ1) is 27.6. The molecule has 7 heteroatoms. The van der Waals surface area contributed by atoms with Gasteiger partial charge in [0.25, 0.3) is 5.91 Å². The van der Waals surface area contributed by atoms with E-state index in [1.54, 1.807) is 11.0 Å². The lowest BCUT2D eigenvalue weighted by Gasteiger charge is -2.34. The quantitative estimate of drug-likeness (QED) is 0.266. The molecule has 1 N–H and O–H groups in total. The van der Waals surface area contributed by atoms with Crippen molar-refractivity contribution in [3.63, 3.8) is 0 Å². The van der Waals surface area contributed by atoms with Gasteiger partial charge in [-0.25, -0.2) is 0 Å². The second-order valence-electron chi connectivity index (χ2n) is 11.2. The van der Waals surface area contributed by atoms with Crippen molar-refractivity contribution >= 4 is 50.1 Å². The molecule has 6 nitrogen and oxygen atoms in total. The Labute approximate surface area is 243 Å². The Bertz CT molecular complexity index is 1570. The van der Waals surface area contributed by atoms with Crippen molar-refractivity contribution in [3.8, 4) is 0 Å². The molecular weight excluding hydrogens is 566 g/mol. The van der Waals surface area contributed by atoms with Gasteiger partial charge in [-0.2, -0.15) is 0 Å². The van der Waals surface area contributed by atoms with E-state index >= 15 is 0 Å². The molecule has 204 valence electrons. The normalized spacial score (nSPS) is 13.4. The van der Waals surface area contributed by atoms with Crippen LogP contribution in [0.5, 0.6) is 0 Å². The standard InChI is InChI=1S/C33H32BrN3O3/c1-33(2,3)35-31(39)28(19-22-10-5-4-6-11-22)36(20-23-12-7-15-25(34)18-23)29(38)21-37-27-17-9-14-24-13-8-16-26(30(24)27)32(37)40/h4-18,28H,19-21H2,1-3H3,(H,35,39)/t28-/m1/s1. The van der Waals surface area contributed by atoms with Crippen molar-refractivity contribution < 1.29 is 14.4 Å². The number of anilines is 1. The molecule has 0 saturated heterocycles. The highest BCUT2D eigenvalue weighted by Crippen LogP contribution is 2.37. The summed E-state index contributed by atoms with van der Waals surface area (Å²) in [4.78, 5) is 44.7. The topological polar surface area (TPSA) is 69.7 Å². The average Bonchev–Trinajstić information content (AvgIpc) is 3.18. The number of hydrogen-bond donors (Lipinski definition) is 1. The number of benzene rings is 4. The minimum atomic E-state index is -0.788. The van der Waals surface area contributed by atoms with Crippen LogP contribution in [-0.4, -0.2) is 40.7 Å². The summed E-state index contributed by atoms with van der Waals surface area (Å²) in [5, 5.41) is 4.89. The van der Waals surface area contributed by atoms with Crippen LogP contribution in [0, 0.1) is 0 Å². The molecule has 0 fully saturated rings. The minimum Gasteiger partial charge on any atom is -0.350 e. The molecule has 0 saturated carbocycles. The number of carbonyl (C=O) groups excluding carboxylic acids is 3. The fourth-order valence-electron chi connectivity index (χ4n) is 5.20. The Kier molecular flexibility index (Phi) is 7.76. The number of nitrogens with zero attached hydrogens (tertiary/aromatic N) is 2. The molecule has 0 bridgehead atoms. The summed E-state index contributed by atoms with van der Waals surface area (Å²) in [5.41, 5.74) is 2.64. The highest BCUT2D eigenvalue weighted by Gasteiger charge is 2.36. The van der Waals surface area contributed by atoms with Gasteiger partial charge in [0.2, 0.25) is 11.8 Å². The first-order valence-corrected chi connectivity index (χ1v) is 14.1. The molecule has 1 aliphatic heterocycles. The third-order valence-corrected chi connectivity index (χ3v) is 7.45. The molecule has 0 unspecified atom stereocenters. The maximum Gasteiger partial charge on any atom is 0.259 e. The lowest BCUT2D eigenvalue weighted by atomic mass is 10.0. The number of halogens is 1. The van der Waals surface area contributed by atoms with Crippen LogP contribution in [0.25, 0.3) is 10.8 Å². The zero-order valence-electron chi connectivity index (χ0n) is 22.9. The first-order chi connectivity index (χ1) is 19.1. The number of hydrogen-bond acceptors (Lipinski definition) is 3. The van der Waals surface area contributed by atoms with Crippen molar-refractivity contribution in [2.24, 2.45) is 0 Å². The van der Waals surface area contributed by atoms with Crippen molar-refractivity contribution in [2.45, 2.75) is 45.3 Å². The zero-order chi connectivity index (χ0) is 28.4. The third-order valence-electron chi connectivity index (χ3n) is 6.95. The molecular formula is C33H32BrN3O3. The van der Waals surface area contributed by atoms with Crippen LogP contribution in [0.1, 0.15) is 42.3 Å². The number of amides is 3. The summed E-state index contributed by atoms with van der Waals surface area (Å²) in [6.07, 6.45) is 0.340. The minimum absolute atomic E-state index is 0.172. The van der Waals surface area contributed by atoms with E-state index in [9.17, 15) is 14.4 Å². The second-order valence-corrected chi connectivity index (χ2v) is 12.1. The molecule has 1 aliphatic rings. The van der Waals surface area contributed by atoms with Gasteiger partial charge < -0.3 is 10.2 Å². The van der Waals surface area contributed by atoms with E-state index in [4.69, 9.17) is 0 Å². The van der Waals surface area contributed by atoms with Gasteiger partial charge in [-0.05, 0) is 61.5 Å². The molecule has 0 radical (unpaired) electrons. The summed E-state index contributed by atoms with van der Waals surface area (Å²) in [5.74, 6) is -0.748. The SMILES string of the molecule is CC(C)(C)NC(=O)[C@@H](Cc1ccccc1)N(Cc1cccc(Br)c1)C(=O)CN1C(=O)c2cccc3cccc1c23. The van der Waals surface area contributed by atoms with E-state index in [-0.39, 0.29) is 30.8 Å². The van der Waals surface area contributed by atoms with Gasteiger partial charge in [-0.1, -0.05) is 82.7 Å². The predicted molar refractivity (Wildman–Crippen MR) is 162 cm³/mol. The fraction of sp³-hybridized carbons (Fsp3) is 0.242. The van der Waals surface area contributed by atoms with Crippen LogP contribution in [0.3, 0.4) is 0 Å². The molecule has 4 aromatic carbocycles. The van der Waals surface area contributed by atoms with Crippen LogP contribution in [-0.2, 0) is 22.6 Å². The summed E-state index contributed by atoms with van der Waals surface area (Å²) in [6.45, 7) is 5.81. The monoisotopic (exact) mass is 597 g/mol. The van der Waals surface area contributed by atoms with Crippen LogP contribution >= 0.6 is 15.9 Å². The fourth-order valence-corrected chi connectivity index (χ4v) is 5.65. The average molecular weight is 599 g/mol. The van der Waals surface area contributed by atoms with Crippen LogP contribution in [0.4, 0.5) is 5.69 Å². The van der Waals surface area contributed by atoms with Gasteiger partial charge in [0.15, 0.2) is 0 Å². The van der Waals surface area contributed by atoms with Crippen LogP contribution < -0.4 is 10.2 Å². The van der Waals surface area contributed by atoms with Crippen molar-refractivity contribution in [2.75, 3.05) is 11.4 Å². The third kappa shape index (κ3) is 5.94. The molecule has 0 spiro atoms. The van der Waals surface area contributed by atoms with Gasteiger partial charge in [0.1, 0.15) is 12.6 Å². The first-order valence-electron chi connectivity index (χ1n) is 13.3. The molecule has 0 aromatic heterocycles. The Hall–Kier alpha value is -3.97. The molecule has 0 aliphatic carbocycles. The van der Waals surface area contributed by atoms with Gasteiger partial charge >= 0.3 is 0 Å².